The quantitative estimate of drug-likeness (QED) is 0.485. The average Bonchev–Trinajstić information content (AvgIpc) is 3.54. The molecule has 8 nitrogen and oxygen atoms in total. The second kappa shape index (κ2) is 14.0. The van der Waals surface area contributed by atoms with E-state index in [0.29, 0.717) is 48.6 Å². The molecule has 2 aromatic rings. The average molecular weight is 628 g/mol. The monoisotopic (exact) mass is 627 g/mol. The summed E-state index contributed by atoms with van der Waals surface area (Å²) >= 11 is 0. The van der Waals surface area contributed by atoms with Gasteiger partial charge in [-0.1, -0.05) is 13.8 Å². The first-order valence-corrected chi connectivity index (χ1v) is 16.1. The minimum absolute atomic E-state index is 0. The van der Waals surface area contributed by atoms with Gasteiger partial charge in [-0.05, 0) is 91.9 Å². The van der Waals surface area contributed by atoms with Crippen LogP contribution in [0.25, 0.3) is 0 Å². The number of rotatable bonds is 6. The zero-order chi connectivity index (χ0) is 30.0. The molecule has 240 valence electrons. The number of halogens is 2. The van der Waals surface area contributed by atoms with Crippen LogP contribution < -0.4 is 20.3 Å². The van der Waals surface area contributed by atoms with E-state index < -0.39 is 5.82 Å². The molecule has 6 rings (SSSR count). The van der Waals surface area contributed by atoms with E-state index in [1.54, 1.807) is 11.0 Å². The third kappa shape index (κ3) is 7.49. The smallest absolute Gasteiger partial charge is 0.254 e. The molecule has 3 heterocycles. The highest BCUT2D eigenvalue weighted by Gasteiger charge is 2.32. The molecule has 1 aliphatic carbocycles. The summed E-state index contributed by atoms with van der Waals surface area (Å²) in [6, 6.07) is 10.6. The van der Waals surface area contributed by atoms with E-state index in [0.717, 1.165) is 88.4 Å². The Bertz CT molecular complexity index is 1310. The predicted octanol–water partition coefficient (Wildman–Crippen LogP) is 4.68. The lowest BCUT2D eigenvalue weighted by Gasteiger charge is -2.36. The zero-order valence-corrected chi connectivity index (χ0v) is 26.9. The molecule has 44 heavy (non-hydrogen) atoms. The Labute approximate surface area is 267 Å². The number of hydrogen-bond donors (Lipinski definition) is 2. The van der Waals surface area contributed by atoms with Crippen LogP contribution in [0.3, 0.4) is 0 Å². The van der Waals surface area contributed by atoms with E-state index in [1.807, 2.05) is 17.0 Å². The van der Waals surface area contributed by atoms with Crippen molar-refractivity contribution < 1.29 is 18.7 Å². The number of nitrogens with one attached hydrogen (secondary N) is 2. The predicted molar refractivity (Wildman–Crippen MR) is 174 cm³/mol. The third-order valence-corrected chi connectivity index (χ3v) is 9.81. The number of ether oxygens (including phenoxy) is 1. The van der Waals surface area contributed by atoms with Gasteiger partial charge in [0.2, 0.25) is 0 Å². The highest BCUT2D eigenvalue weighted by atomic mass is 35.5. The number of nitrogens with zero attached hydrogens (tertiary/aromatic N) is 3. The first-order valence-electron chi connectivity index (χ1n) is 16.1. The van der Waals surface area contributed by atoms with Crippen molar-refractivity contribution in [1.82, 2.24) is 20.4 Å². The molecule has 4 aliphatic rings. The van der Waals surface area contributed by atoms with Crippen molar-refractivity contribution in [2.45, 2.75) is 58.0 Å². The summed E-state index contributed by atoms with van der Waals surface area (Å²) in [5, 5.41) is 6.68. The number of hydrogen-bond acceptors (Lipinski definition) is 6. The maximum absolute atomic E-state index is 14.5. The van der Waals surface area contributed by atoms with E-state index in [2.05, 4.69) is 35.4 Å². The Morgan fingerprint density at radius 3 is 2.11 bits per heavy atom. The molecule has 0 spiro atoms. The molecule has 3 aliphatic heterocycles. The molecule has 1 atom stereocenters. The Hall–Kier alpha value is -2.88. The van der Waals surface area contributed by atoms with E-state index in [9.17, 15) is 14.0 Å². The number of anilines is 1. The number of benzene rings is 2. The van der Waals surface area contributed by atoms with Crippen LogP contribution in [0.1, 0.15) is 78.1 Å². The SMILES string of the molecule is CC1(C)CCC(c2cc(C(=O)N3CCN(C(=O)c4cc(F)cc(N5CCNCC5)c4)CC3)ccc2O[C@H]2CCNC2)CC1.Cl. The largest absolute Gasteiger partial charge is 0.489 e. The van der Waals surface area contributed by atoms with Crippen molar-refractivity contribution in [3.05, 3.63) is 58.9 Å². The maximum atomic E-state index is 14.5. The van der Waals surface area contributed by atoms with Gasteiger partial charge in [0, 0.05) is 75.7 Å². The topological polar surface area (TPSA) is 77.2 Å². The molecule has 2 aromatic carbocycles. The fourth-order valence-corrected chi connectivity index (χ4v) is 7.01. The molecule has 0 radical (unpaired) electrons. The molecule has 2 N–H and O–H groups in total. The van der Waals surface area contributed by atoms with Crippen molar-refractivity contribution in [2.24, 2.45) is 5.41 Å². The van der Waals surface area contributed by atoms with Gasteiger partial charge in [-0.2, -0.15) is 0 Å². The van der Waals surface area contributed by atoms with Crippen molar-refractivity contribution in [3.8, 4) is 5.75 Å². The highest BCUT2D eigenvalue weighted by molar-refractivity contribution is 5.96. The molecule has 2 amide bonds. The molecular formula is C34H47ClFN5O3. The number of carbonyl (C=O) groups excluding carboxylic acids is 2. The number of carbonyl (C=O) groups is 2. The summed E-state index contributed by atoms with van der Waals surface area (Å²) < 4.78 is 21.0. The summed E-state index contributed by atoms with van der Waals surface area (Å²) in [6.07, 6.45) is 5.68. The number of piperazine rings is 2. The van der Waals surface area contributed by atoms with Crippen molar-refractivity contribution in [1.29, 1.82) is 0 Å². The Morgan fingerprint density at radius 1 is 0.818 bits per heavy atom. The maximum Gasteiger partial charge on any atom is 0.254 e. The summed E-state index contributed by atoms with van der Waals surface area (Å²) in [6.45, 7) is 11.5. The Balaban J connectivity index is 0.00000384. The summed E-state index contributed by atoms with van der Waals surface area (Å²) in [5.74, 6) is 0.707. The molecule has 0 bridgehead atoms. The van der Waals surface area contributed by atoms with Gasteiger partial charge < -0.3 is 30.1 Å². The van der Waals surface area contributed by atoms with Crippen LogP contribution in [0.15, 0.2) is 36.4 Å². The zero-order valence-electron chi connectivity index (χ0n) is 26.1. The molecule has 0 aromatic heterocycles. The minimum atomic E-state index is -0.401. The van der Waals surface area contributed by atoms with Crippen LogP contribution in [0.5, 0.6) is 5.75 Å². The molecule has 10 heteroatoms. The van der Waals surface area contributed by atoms with Crippen molar-refractivity contribution in [2.75, 3.05) is 70.3 Å². The molecule has 0 unspecified atom stereocenters. The van der Waals surface area contributed by atoms with Crippen LogP contribution in [0, 0.1) is 11.2 Å². The van der Waals surface area contributed by atoms with E-state index in [-0.39, 0.29) is 30.3 Å². The molecule has 3 saturated heterocycles. The van der Waals surface area contributed by atoms with Gasteiger partial charge in [-0.15, -0.1) is 12.4 Å². The Kier molecular flexibility index (Phi) is 10.4. The first-order chi connectivity index (χ1) is 20.8. The van der Waals surface area contributed by atoms with E-state index >= 15 is 0 Å². The van der Waals surface area contributed by atoms with Crippen LogP contribution in [0.2, 0.25) is 0 Å². The summed E-state index contributed by atoms with van der Waals surface area (Å²) in [4.78, 5) is 32.8. The van der Waals surface area contributed by atoms with E-state index in [1.165, 1.54) is 12.1 Å². The third-order valence-electron chi connectivity index (χ3n) is 9.81. The van der Waals surface area contributed by atoms with Crippen LogP contribution in [0.4, 0.5) is 10.1 Å². The van der Waals surface area contributed by atoms with Crippen LogP contribution >= 0.6 is 12.4 Å². The normalized spacial score (nSPS) is 22.4. The fourth-order valence-electron chi connectivity index (χ4n) is 7.01. The van der Waals surface area contributed by atoms with E-state index in [4.69, 9.17) is 4.74 Å². The van der Waals surface area contributed by atoms with Crippen molar-refractivity contribution >= 4 is 29.9 Å². The lowest BCUT2D eigenvalue weighted by atomic mass is 9.71. The minimum Gasteiger partial charge on any atom is -0.489 e. The van der Waals surface area contributed by atoms with Crippen molar-refractivity contribution in [3.63, 3.8) is 0 Å². The van der Waals surface area contributed by atoms with Gasteiger partial charge in [0.05, 0.1) is 0 Å². The van der Waals surface area contributed by atoms with Crippen LogP contribution in [-0.4, -0.2) is 93.2 Å². The van der Waals surface area contributed by atoms with Gasteiger partial charge >= 0.3 is 0 Å². The van der Waals surface area contributed by atoms with Gasteiger partial charge in [0.15, 0.2) is 0 Å². The first kappa shape index (κ1) is 32.5. The van der Waals surface area contributed by atoms with Gasteiger partial charge in [0.1, 0.15) is 17.7 Å². The second-order valence-corrected chi connectivity index (χ2v) is 13.4. The lowest BCUT2D eigenvalue weighted by molar-refractivity contribution is 0.0535. The van der Waals surface area contributed by atoms with Gasteiger partial charge in [-0.3, -0.25) is 9.59 Å². The molecular weight excluding hydrogens is 581 g/mol. The summed E-state index contributed by atoms with van der Waals surface area (Å²) in [7, 11) is 0. The molecule has 4 fully saturated rings. The summed E-state index contributed by atoms with van der Waals surface area (Å²) in [5.41, 5.74) is 3.31. The second-order valence-electron chi connectivity index (χ2n) is 13.4. The molecule has 1 saturated carbocycles. The standard InChI is InChI=1S/C34H46FN5O3.ClH/c1-34(2)8-5-24(6-9-34)30-21-25(3-4-31(30)43-29-7-10-37-23-29)32(41)39-15-17-40(18-16-39)33(42)26-19-27(35)22-28(20-26)38-13-11-36-12-14-38;/h3-4,19-22,24,29,36-37H,5-18,23H2,1-2H3;1H/t29-;/m0./s1. The van der Waals surface area contributed by atoms with Gasteiger partial charge in [0.25, 0.3) is 11.8 Å². The van der Waals surface area contributed by atoms with Gasteiger partial charge in [-0.25, -0.2) is 4.39 Å². The Morgan fingerprint density at radius 2 is 1.48 bits per heavy atom. The highest BCUT2D eigenvalue weighted by Crippen LogP contribution is 2.45. The number of amides is 2. The fraction of sp³-hybridized carbons (Fsp3) is 0.588. The van der Waals surface area contributed by atoms with Crippen LogP contribution in [-0.2, 0) is 0 Å². The lowest BCUT2D eigenvalue weighted by Crippen LogP contribution is -2.50.